The summed E-state index contributed by atoms with van der Waals surface area (Å²) in [5.41, 5.74) is 2.20. The van der Waals surface area contributed by atoms with Crippen molar-refractivity contribution in [2.45, 2.75) is 44.7 Å². The summed E-state index contributed by atoms with van der Waals surface area (Å²) in [6.07, 6.45) is 3.05. The van der Waals surface area contributed by atoms with Crippen LogP contribution in [0.1, 0.15) is 40.3 Å². The van der Waals surface area contributed by atoms with Gasteiger partial charge in [-0.15, -0.1) is 0 Å². The normalized spacial score (nSPS) is 20.4. The molecular formula is C23H23N3O3. The van der Waals surface area contributed by atoms with E-state index in [1.807, 2.05) is 41.3 Å². The highest BCUT2D eigenvalue weighted by Gasteiger charge is 2.41. The molecule has 6 nitrogen and oxygen atoms in total. The van der Waals surface area contributed by atoms with Gasteiger partial charge in [0.05, 0.1) is 12.8 Å². The fraction of sp³-hybridized carbons (Fsp3) is 0.348. The molecule has 2 aliphatic rings. The highest BCUT2D eigenvalue weighted by atomic mass is 16.5. The quantitative estimate of drug-likeness (QED) is 0.731. The standard InChI is InChI=1S/C23H23N3O3/c1-13-24-20-12-15-8-7-14(11-19(20)22(27)25-13)26(15)23(28)18-9-10-21(29-2)17-6-4-3-5-16(17)18/h3-6,9-10,14-15H,7-8,11-12H2,1-2H3,(H,24,25,27)/t14-,15-/m1/s1. The number of H-pyrrole nitrogens is 1. The van der Waals surface area contributed by atoms with Gasteiger partial charge in [0.1, 0.15) is 11.6 Å². The zero-order valence-corrected chi connectivity index (χ0v) is 16.6. The van der Waals surface area contributed by atoms with Crippen molar-refractivity contribution in [2.75, 3.05) is 7.11 Å². The summed E-state index contributed by atoms with van der Waals surface area (Å²) in [6, 6.07) is 11.7. The number of hydrogen-bond acceptors (Lipinski definition) is 4. The molecule has 1 amide bonds. The second-order valence-electron chi connectivity index (χ2n) is 7.94. The molecule has 0 radical (unpaired) electrons. The Hall–Kier alpha value is -3.15. The number of aryl methyl sites for hydroxylation is 1. The van der Waals surface area contributed by atoms with Gasteiger partial charge < -0.3 is 14.6 Å². The number of rotatable bonds is 2. The van der Waals surface area contributed by atoms with Crippen LogP contribution in [0.2, 0.25) is 0 Å². The third-order valence-corrected chi connectivity index (χ3v) is 6.28. The Balaban J connectivity index is 1.58. The summed E-state index contributed by atoms with van der Waals surface area (Å²) in [7, 11) is 1.64. The van der Waals surface area contributed by atoms with Crippen LogP contribution in [0.4, 0.5) is 0 Å². The Bertz CT molecular complexity index is 1180. The molecule has 5 rings (SSSR count). The lowest BCUT2D eigenvalue weighted by molar-refractivity contribution is 0.0675. The van der Waals surface area contributed by atoms with Crippen LogP contribution in [-0.4, -0.2) is 40.0 Å². The van der Waals surface area contributed by atoms with E-state index in [2.05, 4.69) is 9.97 Å². The van der Waals surface area contributed by atoms with Gasteiger partial charge in [0.2, 0.25) is 0 Å². The number of aromatic amines is 1. The molecule has 1 N–H and O–H groups in total. The monoisotopic (exact) mass is 389 g/mol. The lowest BCUT2D eigenvalue weighted by Gasteiger charge is -2.29. The van der Waals surface area contributed by atoms with Crippen molar-refractivity contribution in [3.05, 3.63) is 69.4 Å². The molecule has 1 aromatic heterocycles. The van der Waals surface area contributed by atoms with Crippen molar-refractivity contribution >= 4 is 16.7 Å². The molecule has 2 atom stereocenters. The number of fused-ring (bicyclic) bond motifs is 4. The molecule has 3 aromatic rings. The largest absolute Gasteiger partial charge is 0.496 e. The zero-order valence-electron chi connectivity index (χ0n) is 16.6. The summed E-state index contributed by atoms with van der Waals surface area (Å²) < 4.78 is 5.48. The molecule has 6 heteroatoms. The van der Waals surface area contributed by atoms with Crippen LogP contribution < -0.4 is 10.3 Å². The van der Waals surface area contributed by atoms with Crippen LogP contribution >= 0.6 is 0 Å². The lowest BCUT2D eigenvalue weighted by Crippen LogP contribution is -2.42. The van der Waals surface area contributed by atoms with Gasteiger partial charge >= 0.3 is 0 Å². The summed E-state index contributed by atoms with van der Waals surface area (Å²) in [6.45, 7) is 1.80. The van der Waals surface area contributed by atoms with E-state index < -0.39 is 0 Å². The summed E-state index contributed by atoms with van der Waals surface area (Å²) >= 11 is 0. The second-order valence-corrected chi connectivity index (χ2v) is 7.94. The first-order chi connectivity index (χ1) is 14.1. The lowest BCUT2D eigenvalue weighted by atomic mass is 9.98. The maximum Gasteiger partial charge on any atom is 0.255 e. The van der Waals surface area contributed by atoms with Gasteiger partial charge in [-0.1, -0.05) is 24.3 Å². The number of hydrogen-bond donors (Lipinski definition) is 1. The minimum absolute atomic E-state index is 0.0253. The zero-order chi connectivity index (χ0) is 20.1. The van der Waals surface area contributed by atoms with E-state index in [1.165, 1.54) is 0 Å². The number of amides is 1. The van der Waals surface area contributed by atoms with Crippen LogP contribution in [0.5, 0.6) is 5.75 Å². The SMILES string of the molecule is COc1ccc(C(=O)N2[C@@H]3CC[C@@H]2Cc2c(nc(C)[nH]c2=O)C3)c2ccccc12. The molecular weight excluding hydrogens is 366 g/mol. The molecule has 0 spiro atoms. The van der Waals surface area contributed by atoms with E-state index in [0.717, 1.165) is 40.6 Å². The van der Waals surface area contributed by atoms with Crippen molar-refractivity contribution in [1.29, 1.82) is 0 Å². The summed E-state index contributed by atoms with van der Waals surface area (Å²) in [4.78, 5) is 35.6. The van der Waals surface area contributed by atoms with Gasteiger partial charge in [0.15, 0.2) is 0 Å². The molecule has 148 valence electrons. The number of carbonyl (C=O) groups is 1. The van der Waals surface area contributed by atoms with Crippen LogP contribution in [-0.2, 0) is 12.8 Å². The number of nitrogens with one attached hydrogen (secondary N) is 1. The molecule has 0 unspecified atom stereocenters. The van der Waals surface area contributed by atoms with E-state index in [4.69, 9.17) is 4.74 Å². The van der Waals surface area contributed by atoms with Crippen LogP contribution in [0.15, 0.2) is 41.2 Å². The van der Waals surface area contributed by atoms with E-state index in [0.29, 0.717) is 24.2 Å². The van der Waals surface area contributed by atoms with Gasteiger partial charge in [-0.2, -0.15) is 0 Å². The van der Waals surface area contributed by atoms with E-state index in [9.17, 15) is 9.59 Å². The molecule has 2 bridgehead atoms. The van der Waals surface area contributed by atoms with Gasteiger partial charge in [-0.3, -0.25) is 9.59 Å². The first-order valence-electron chi connectivity index (χ1n) is 10.0. The summed E-state index contributed by atoms with van der Waals surface area (Å²) in [5, 5.41) is 1.82. The van der Waals surface area contributed by atoms with Crippen molar-refractivity contribution in [2.24, 2.45) is 0 Å². The first kappa shape index (κ1) is 17.9. The third-order valence-electron chi connectivity index (χ3n) is 6.28. The van der Waals surface area contributed by atoms with E-state index >= 15 is 0 Å². The maximum atomic E-state index is 13.7. The molecule has 1 saturated heterocycles. The fourth-order valence-corrected chi connectivity index (χ4v) is 4.98. The summed E-state index contributed by atoms with van der Waals surface area (Å²) in [5.74, 6) is 1.41. The van der Waals surface area contributed by atoms with Crippen molar-refractivity contribution < 1.29 is 9.53 Å². The predicted octanol–water partition coefficient (Wildman–Crippen LogP) is 3.01. The van der Waals surface area contributed by atoms with E-state index in [1.54, 1.807) is 14.0 Å². The molecule has 1 fully saturated rings. The van der Waals surface area contributed by atoms with Crippen molar-refractivity contribution in [3.63, 3.8) is 0 Å². The highest BCUT2D eigenvalue weighted by Crippen LogP contribution is 2.36. The van der Waals surface area contributed by atoms with Gasteiger partial charge in [0.25, 0.3) is 11.5 Å². The highest BCUT2D eigenvalue weighted by molar-refractivity contribution is 6.09. The molecule has 3 heterocycles. The Morgan fingerprint density at radius 2 is 1.83 bits per heavy atom. The minimum Gasteiger partial charge on any atom is -0.496 e. The van der Waals surface area contributed by atoms with Gasteiger partial charge in [-0.05, 0) is 37.3 Å². The van der Waals surface area contributed by atoms with Gasteiger partial charge in [-0.25, -0.2) is 4.98 Å². The number of methoxy groups -OCH3 is 1. The van der Waals surface area contributed by atoms with E-state index in [-0.39, 0.29) is 23.6 Å². The third kappa shape index (κ3) is 2.82. The Labute approximate surface area is 168 Å². The number of ether oxygens (including phenoxy) is 1. The molecule has 0 saturated carbocycles. The molecule has 0 aliphatic carbocycles. The number of nitrogens with zero attached hydrogens (tertiary/aromatic N) is 2. The van der Waals surface area contributed by atoms with Crippen molar-refractivity contribution in [1.82, 2.24) is 14.9 Å². The molecule has 2 aromatic carbocycles. The average molecular weight is 389 g/mol. The Morgan fingerprint density at radius 1 is 1.10 bits per heavy atom. The number of benzene rings is 2. The first-order valence-corrected chi connectivity index (χ1v) is 10.0. The number of carbonyl (C=O) groups excluding carboxylic acids is 1. The topological polar surface area (TPSA) is 75.3 Å². The Morgan fingerprint density at radius 3 is 2.59 bits per heavy atom. The fourth-order valence-electron chi connectivity index (χ4n) is 4.98. The van der Waals surface area contributed by atoms with Crippen molar-refractivity contribution in [3.8, 4) is 5.75 Å². The predicted molar refractivity (Wildman–Crippen MR) is 110 cm³/mol. The smallest absolute Gasteiger partial charge is 0.255 e. The minimum atomic E-state index is -0.0673. The Kier molecular flexibility index (Phi) is 4.15. The molecule has 29 heavy (non-hydrogen) atoms. The van der Waals surface area contributed by atoms with Crippen LogP contribution in [0.3, 0.4) is 0 Å². The molecule has 2 aliphatic heterocycles. The average Bonchev–Trinajstić information content (AvgIpc) is 3.02. The number of aromatic nitrogens is 2. The van der Waals surface area contributed by atoms with Gasteiger partial charge in [0, 0.05) is 41.4 Å². The van der Waals surface area contributed by atoms with Crippen LogP contribution in [0, 0.1) is 6.92 Å². The second kappa shape index (κ2) is 6.72. The maximum absolute atomic E-state index is 13.7. The van der Waals surface area contributed by atoms with Crippen LogP contribution in [0.25, 0.3) is 10.8 Å².